The third-order valence-electron chi connectivity index (χ3n) is 3.61. The lowest BCUT2D eigenvalue weighted by atomic mass is 10.2. The van der Waals surface area contributed by atoms with Crippen molar-refractivity contribution < 1.29 is 4.52 Å². The number of aromatic nitrogens is 2. The Hall–Kier alpha value is -0.980. The van der Waals surface area contributed by atoms with Crippen LogP contribution >= 0.6 is 0 Å². The SMILES string of the molecule is CCNCCc1nc(C2CN(C)CCCN2C)no1. The lowest BCUT2D eigenvalue weighted by Gasteiger charge is -2.24. The molecule has 6 nitrogen and oxygen atoms in total. The number of nitrogens with zero attached hydrogens (tertiary/aromatic N) is 4. The Labute approximate surface area is 115 Å². The molecule has 1 aromatic rings. The van der Waals surface area contributed by atoms with Crippen molar-refractivity contribution in [1.82, 2.24) is 25.3 Å². The molecule has 1 aliphatic heterocycles. The van der Waals surface area contributed by atoms with Gasteiger partial charge in [-0.3, -0.25) is 4.90 Å². The van der Waals surface area contributed by atoms with Crippen molar-refractivity contribution in [1.29, 1.82) is 0 Å². The second-order valence-electron chi connectivity index (χ2n) is 5.26. The lowest BCUT2D eigenvalue weighted by molar-refractivity contribution is 0.214. The number of rotatable bonds is 5. The highest BCUT2D eigenvalue weighted by Crippen LogP contribution is 2.20. The third kappa shape index (κ3) is 3.99. The summed E-state index contributed by atoms with van der Waals surface area (Å²) in [6.45, 7) is 7.12. The molecular weight excluding hydrogens is 242 g/mol. The highest BCUT2D eigenvalue weighted by atomic mass is 16.5. The van der Waals surface area contributed by atoms with Gasteiger partial charge < -0.3 is 14.7 Å². The molecule has 0 spiro atoms. The molecule has 0 bridgehead atoms. The first-order chi connectivity index (χ1) is 9.20. The minimum Gasteiger partial charge on any atom is -0.339 e. The highest BCUT2D eigenvalue weighted by Gasteiger charge is 2.26. The van der Waals surface area contributed by atoms with E-state index < -0.39 is 0 Å². The Morgan fingerprint density at radius 2 is 2.21 bits per heavy atom. The molecule has 1 fully saturated rings. The Morgan fingerprint density at radius 3 is 3.00 bits per heavy atom. The second-order valence-corrected chi connectivity index (χ2v) is 5.26. The van der Waals surface area contributed by atoms with Gasteiger partial charge in [0.2, 0.25) is 5.89 Å². The molecule has 0 saturated carbocycles. The van der Waals surface area contributed by atoms with Crippen LogP contribution in [0.25, 0.3) is 0 Å². The Kier molecular flexibility index (Phi) is 5.30. The van der Waals surface area contributed by atoms with E-state index in [9.17, 15) is 0 Å². The predicted molar refractivity (Wildman–Crippen MR) is 74.0 cm³/mol. The van der Waals surface area contributed by atoms with E-state index in [1.165, 1.54) is 6.42 Å². The predicted octanol–water partition coefficient (Wildman–Crippen LogP) is 0.530. The Balaban J connectivity index is 1.99. The van der Waals surface area contributed by atoms with Gasteiger partial charge in [-0.25, -0.2) is 0 Å². The fraction of sp³-hybridized carbons (Fsp3) is 0.846. The van der Waals surface area contributed by atoms with E-state index in [2.05, 4.69) is 46.3 Å². The van der Waals surface area contributed by atoms with Gasteiger partial charge in [0.15, 0.2) is 5.82 Å². The van der Waals surface area contributed by atoms with Gasteiger partial charge in [0.25, 0.3) is 0 Å². The summed E-state index contributed by atoms with van der Waals surface area (Å²) in [5.41, 5.74) is 0. The van der Waals surface area contributed by atoms with Crippen LogP contribution in [0, 0.1) is 0 Å². The van der Waals surface area contributed by atoms with Crippen LogP contribution in [0.2, 0.25) is 0 Å². The van der Waals surface area contributed by atoms with Crippen molar-refractivity contribution in [2.75, 3.05) is 46.8 Å². The van der Waals surface area contributed by atoms with Gasteiger partial charge in [0.05, 0.1) is 6.04 Å². The zero-order valence-corrected chi connectivity index (χ0v) is 12.2. The minimum absolute atomic E-state index is 0.240. The molecule has 1 aromatic heterocycles. The number of likely N-dealkylation sites (N-methyl/N-ethyl adjacent to an activating group) is 3. The van der Waals surface area contributed by atoms with Gasteiger partial charge >= 0.3 is 0 Å². The quantitative estimate of drug-likeness (QED) is 0.785. The molecular formula is C13H25N5O. The smallest absolute Gasteiger partial charge is 0.227 e. The van der Waals surface area contributed by atoms with E-state index in [0.717, 1.165) is 50.9 Å². The molecule has 1 unspecified atom stereocenters. The average Bonchev–Trinajstić information content (AvgIpc) is 2.78. The largest absolute Gasteiger partial charge is 0.339 e. The van der Waals surface area contributed by atoms with Crippen molar-refractivity contribution in [3.8, 4) is 0 Å². The van der Waals surface area contributed by atoms with Crippen LogP contribution in [-0.2, 0) is 6.42 Å². The molecule has 2 rings (SSSR count). The molecule has 19 heavy (non-hydrogen) atoms. The lowest BCUT2D eigenvalue weighted by Crippen LogP contribution is -2.31. The maximum absolute atomic E-state index is 5.34. The Morgan fingerprint density at radius 1 is 1.37 bits per heavy atom. The first-order valence-corrected chi connectivity index (χ1v) is 7.12. The summed E-state index contributed by atoms with van der Waals surface area (Å²) in [6, 6.07) is 0.240. The fourth-order valence-electron chi connectivity index (χ4n) is 2.43. The zero-order chi connectivity index (χ0) is 13.7. The molecule has 2 heterocycles. The molecule has 0 radical (unpaired) electrons. The minimum atomic E-state index is 0.240. The normalized spacial score (nSPS) is 22.6. The van der Waals surface area contributed by atoms with Crippen molar-refractivity contribution >= 4 is 0 Å². The summed E-state index contributed by atoms with van der Waals surface area (Å²) in [6.07, 6.45) is 1.99. The molecule has 1 saturated heterocycles. The second kappa shape index (κ2) is 6.98. The van der Waals surface area contributed by atoms with Crippen LogP contribution in [0.1, 0.15) is 31.1 Å². The monoisotopic (exact) mass is 267 g/mol. The van der Waals surface area contributed by atoms with E-state index in [1.54, 1.807) is 0 Å². The number of nitrogens with one attached hydrogen (secondary N) is 1. The van der Waals surface area contributed by atoms with E-state index in [-0.39, 0.29) is 6.04 Å². The molecule has 1 N–H and O–H groups in total. The van der Waals surface area contributed by atoms with Crippen LogP contribution in [0.3, 0.4) is 0 Å². The first-order valence-electron chi connectivity index (χ1n) is 7.12. The van der Waals surface area contributed by atoms with E-state index in [1.807, 2.05) is 0 Å². The van der Waals surface area contributed by atoms with Crippen LogP contribution in [0.15, 0.2) is 4.52 Å². The van der Waals surface area contributed by atoms with Gasteiger partial charge in [0, 0.05) is 19.5 Å². The van der Waals surface area contributed by atoms with E-state index >= 15 is 0 Å². The molecule has 1 atom stereocenters. The van der Waals surface area contributed by atoms with Gasteiger partial charge in [0.1, 0.15) is 0 Å². The molecule has 0 aliphatic carbocycles. The molecule has 6 heteroatoms. The Bertz CT molecular complexity index is 381. The fourth-order valence-corrected chi connectivity index (χ4v) is 2.43. The van der Waals surface area contributed by atoms with E-state index in [0.29, 0.717) is 0 Å². The van der Waals surface area contributed by atoms with E-state index in [4.69, 9.17) is 4.52 Å². The van der Waals surface area contributed by atoms with Crippen molar-refractivity contribution in [2.24, 2.45) is 0 Å². The van der Waals surface area contributed by atoms with Gasteiger partial charge in [-0.1, -0.05) is 12.1 Å². The van der Waals surface area contributed by atoms with Crippen molar-refractivity contribution in [3.05, 3.63) is 11.7 Å². The number of hydrogen-bond donors (Lipinski definition) is 1. The summed E-state index contributed by atoms with van der Waals surface area (Å²) in [5, 5.41) is 7.43. The summed E-state index contributed by atoms with van der Waals surface area (Å²) in [7, 11) is 4.29. The summed E-state index contributed by atoms with van der Waals surface area (Å²) in [4.78, 5) is 9.20. The van der Waals surface area contributed by atoms with Gasteiger partial charge in [-0.05, 0) is 40.2 Å². The highest BCUT2D eigenvalue weighted by molar-refractivity contribution is 4.97. The summed E-state index contributed by atoms with van der Waals surface area (Å²) >= 11 is 0. The maximum atomic E-state index is 5.34. The first kappa shape index (κ1) is 14.4. The van der Waals surface area contributed by atoms with Gasteiger partial charge in [-0.15, -0.1) is 0 Å². The molecule has 0 aromatic carbocycles. The standard InChI is InChI=1S/C13H25N5O/c1-4-14-7-6-12-15-13(16-19-12)11-10-17(2)8-5-9-18(11)3/h11,14H,4-10H2,1-3H3. The third-order valence-corrected chi connectivity index (χ3v) is 3.61. The number of hydrogen-bond acceptors (Lipinski definition) is 6. The van der Waals surface area contributed by atoms with Crippen molar-refractivity contribution in [2.45, 2.75) is 25.8 Å². The maximum Gasteiger partial charge on any atom is 0.227 e. The summed E-state index contributed by atoms with van der Waals surface area (Å²) in [5.74, 6) is 1.55. The molecule has 0 amide bonds. The van der Waals surface area contributed by atoms with Crippen LogP contribution in [0.4, 0.5) is 0 Å². The van der Waals surface area contributed by atoms with Crippen LogP contribution in [-0.4, -0.2) is 66.8 Å². The zero-order valence-electron chi connectivity index (χ0n) is 12.2. The van der Waals surface area contributed by atoms with Crippen molar-refractivity contribution in [3.63, 3.8) is 0 Å². The summed E-state index contributed by atoms with van der Waals surface area (Å²) < 4.78 is 5.34. The molecule has 1 aliphatic rings. The molecule has 108 valence electrons. The average molecular weight is 267 g/mol. The van der Waals surface area contributed by atoms with Crippen LogP contribution < -0.4 is 5.32 Å². The topological polar surface area (TPSA) is 57.4 Å². The van der Waals surface area contributed by atoms with Gasteiger partial charge in [-0.2, -0.15) is 4.98 Å². The van der Waals surface area contributed by atoms with Crippen LogP contribution in [0.5, 0.6) is 0 Å².